The summed E-state index contributed by atoms with van der Waals surface area (Å²) in [5, 5.41) is 10.2. The number of hydrogen-bond donors (Lipinski definition) is 2. The van der Waals surface area contributed by atoms with Crippen molar-refractivity contribution in [2.75, 3.05) is 11.6 Å². The van der Waals surface area contributed by atoms with E-state index in [2.05, 4.69) is 5.43 Å². The molecule has 0 fully saturated rings. The zero-order valence-electron chi connectivity index (χ0n) is 7.47. The predicted octanol–water partition coefficient (Wildman–Crippen LogP) is 1.70. The fourth-order valence-electron chi connectivity index (χ4n) is 1.48. The van der Waals surface area contributed by atoms with Crippen molar-refractivity contribution in [1.82, 2.24) is 5.43 Å². The van der Waals surface area contributed by atoms with E-state index in [-0.39, 0.29) is 0 Å². The van der Waals surface area contributed by atoms with Gasteiger partial charge in [0.15, 0.2) is 0 Å². The van der Waals surface area contributed by atoms with E-state index >= 15 is 0 Å². The average molecular weight is 190 g/mol. The SMILES string of the molecule is O=C(O)NN1CC=Cc2ccccc21. The van der Waals surface area contributed by atoms with Crippen molar-refractivity contribution in [3.8, 4) is 0 Å². The van der Waals surface area contributed by atoms with E-state index in [1.807, 2.05) is 36.4 Å². The number of carbonyl (C=O) groups is 1. The Morgan fingerprint density at radius 3 is 3.00 bits per heavy atom. The Hall–Kier alpha value is -1.97. The minimum atomic E-state index is -1.05. The van der Waals surface area contributed by atoms with Crippen LogP contribution in [0.3, 0.4) is 0 Å². The topological polar surface area (TPSA) is 52.6 Å². The normalized spacial score (nSPS) is 13.6. The lowest BCUT2D eigenvalue weighted by atomic mass is 10.1. The minimum absolute atomic E-state index is 0.559. The molecule has 0 aromatic heterocycles. The molecule has 0 saturated carbocycles. The first-order valence-corrected chi connectivity index (χ1v) is 4.30. The maximum atomic E-state index is 10.5. The van der Waals surface area contributed by atoms with E-state index in [1.165, 1.54) is 0 Å². The highest BCUT2D eigenvalue weighted by Crippen LogP contribution is 2.23. The maximum Gasteiger partial charge on any atom is 0.423 e. The van der Waals surface area contributed by atoms with Crippen LogP contribution in [0.2, 0.25) is 0 Å². The Labute approximate surface area is 81.4 Å². The number of rotatable bonds is 1. The van der Waals surface area contributed by atoms with E-state index in [1.54, 1.807) is 5.01 Å². The highest BCUT2D eigenvalue weighted by Gasteiger charge is 2.13. The minimum Gasteiger partial charge on any atom is -0.464 e. The summed E-state index contributed by atoms with van der Waals surface area (Å²) < 4.78 is 0. The van der Waals surface area contributed by atoms with Crippen molar-refractivity contribution in [3.63, 3.8) is 0 Å². The molecule has 0 aliphatic carbocycles. The van der Waals surface area contributed by atoms with Crippen molar-refractivity contribution < 1.29 is 9.90 Å². The molecule has 1 aliphatic rings. The first-order valence-electron chi connectivity index (χ1n) is 4.30. The maximum absolute atomic E-state index is 10.5. The molecule has 0 radical (unpaired) electrons. The summed E-state index contributed by atoms with van der Waals surface area (Å²) >= 11 is 0. The number of anilines is 1. The molecule has 14 heavy (non-hydrogen) atoms. The lowest BCUT2D eigenvalue weighted by molar-refractivity contribution is 0.193. The van der Waals surface area contributed by atoms with Gasteiger partial charge < -0.3 is 5.11 Å². The number of hydrogen-bond acceptors (Lipinski definition) is 2. The van der Waals surface area contributed by atoms with E-state index in [4.69, 9.17) is 5.11 Å². The van der Waals surface area contributed by atoms with E-state index < -0.39 is 6.09 Å². The lowest BCUT2D eigenvalue weighted by Crippen LogP contribution is -2.42. The summed E-state index contributed by atoms with van der Waals surface area (Å²) in [5.41, 5.74) is 4.24. The summed E-state index contributed by atoms with van der Waals surface area (Å²) in [6.45, 7) is 0.559. The molecule has 72 valence electrons. The van der Waals surface area contributed by atoms with Crippen molar-refractivity contribution in [1.29, 1.82) is 0 Å². The molecular formula is C10H10N2O2. The molecule has 0 saturated heterocycles. The number of benzene rings is 1. The second kappa shape index (κ2) is 3.41. The van der Waals surface area contributed by atoms with Gasteiger partial charge in [0.05, 0.1) is 12.2 Å². The van der Waals surface area contributed by atoms with Gasteiger partial charge in [-0.2, -0.15) is 0 Å². The molecule has 1 aliphatic heterocycles. The van der Waals surface area contributed by atoms with Gasteiger partial charge in [0.25, 0.3) is 0 Å². The largest absolute Gasteiger partial charge is 0.464 e. The number of hydrazine groups is 1. The van der Waals surface area contributed by atoms with Crippen molar-refractivity contribution >= 4 is 17.9 Å². The molecule has 4 heteroatoms. The molecule has 1 amide bonds. The fraction of sp³-hybridized carbons (Fsp3) is 0.100. The van der Waals surface area contributed by atoms with Gasteiger partial charge in [0, 0.05) is 0 Å². The zero-order valence-corrected chi connectivity index (χ0v) is 7.47. The van der Waals surface area contributed by atoms with Crippen LogP contribution in [-0.4, -0.2) is 17.7 Å². The zero-order chi connectivity index (χ0) is 9.97. The molecular weight excluding hydrogens is 180 g/mol. The highest BCUT2D eigenvalue weighted by atomic mass is 16.4. The Morgan fingerprint density at radius 2 is 2.21 bits per heavy atom. The van der Waals surface area contributed by atoms with Gasteiger partial charge in [-0.15, -0.1) is 0 Å². The highest BCUT2D eigenvalue weighted by molar-refractivity contribution is 5.75. The van der Waals surface area contributed by atoms with E-state index in [0.717, 1.165) is 11.3 Å². The van der Waals surface area contributed by atoms with Crippen LogP contribution in [0.1, 0.15) is 5.56 Å². The standard InChI is InChI=1S/C10H10N2O2/c13-10(14)11-12-7-3-5-8-4-1-2-6-9(8)12/h1-6,11H,7H2,(H,13,14). The first-order chi connectivity index (χ1) is 6.77. The molecule has 0 unspecified atom stereocenters. The van der Waals surface area contributed by atoms with Crippen LogP contribution in [0.15, 0.2) is 30.3 Å². The van der Waals surface area contributed by atoms with Crippen molar-refractivity contribution in [3.05, 3.63) is 35.9 Å². The van der Waals surface area contributed by atoms with Gasteiger partial charge in [0.1, 0.15) is 0 Å². The van der Waals surface area contributed by atoms with E-state index in [9.17, 15) is 4.79 Å². The number of carboxylic acid groups (broad SMARTS) is 1. The third-order valence-electron chi connectivity index (χ3n) is 2.04. The Bertz CT molecular complexity index is 387. The van der Waals surface area contributed by atoms with Gasteiger partial charge in [-0.05, 0) is 11.6 Å². The predicted molar refractivity (Wildman–Crippen MR) is 54.0 cm³/mol. The van der Waals surface area contributed by atoms with Gasteiger partial charge >= 0.3 is 6.09 Å². The molecule has 0 bridgehead atoms. The second-order valence-electron chi connectivity index (χ2n) is 2.99. The number of nitrogens with zero attached hydrogens (tertiary/aromatic N) is 1. The first kappa shape index (κ1) is 8.62. The number of amides is 1. The van der Waals surface area contributed by atoms with Gasteiger partial charge in [-0.25, -0.2) is 10.2 Å². The number of fused-ring (bicyclic) bond motifs is 1. The summed E-state index contributed by atoms with van der Waals surface area (Å²) in [4.78, 5) is 10.5. The molecule has 4 nitrogen and oxygen atoms in total. The van der Waals surface area contributed by atoms with Gasteiger partial charge in [0.2, 0.25) is 0 Å². The number of nitrogens with one attached hydrogen (secondary N) is 1. The van der Waals surface area contributed by atoms with Crippen molar-refractivity contribution in [2.24, 2.45) is 0 Å². The van der Waals surface area contributed by atoms with Crippen LogP contribution in [0.25, 0.3) is 6.08 Å². The summed E-state index contributed by atoms with van der Waals surface area (Å²) in [7, 11) is 0. The van der Waals surface area contributed by atoms with Crippen molar-refractivity contribution in [2.45, 2.75) is 0 Å². The summed E-state index contributed by atoms with van der Waals surface area (Å²) in [5.74, 6) is 0. The third kappa shape index (κ3) is 1.54. The third-order valence-corrected chi connectivity index (χ3v) is 2.04. The lowest BCUT2D eigenvalue weighted by Gasteiger charge is -2.26. The quantitative estimate of drug-likeness (QED) is 0.708. The Balaban J connectivity index is 2.31. The van der Waals surface area contributed by atoms with Gasteiger partial charge in [-0.3, -0.25) is 5.01 Å². The molecule has 2 N–H and O–H groups in total. The van der Waals surface area contributed by atoms with Crippen LogP contribution in [0.4, 0.5) is 10.5 Å². The van der Waals surface area contributed by atoms with Crippen LogP contribution in [0.5, 0.6) is 0 Å². The van der Waals surface area contributed by atoms with Crippen LogP contribution >= 0.6 is 0 Å². The molecule has 0 spiro atoms. The smallest absolute Gasteiger partial charge is 0.423 e. The van der Waals surface area contributed by atoms with Crippen LogP contribution in [0, 0.1) is 0 Å². The molecule has 0 atom stereocenters. The Kier molecular flexibility index (Phi) is 2.10. The van der Waals surface area contributed by atoms with E-state index in [0.29, 0.717) is 6.54 Å². The summed E-state index contributed by atoms with van der Waals surface area (Å²) in [6, 6.07) is 7.64. The molecule has 2 rings (SSSR count). The van der Waals surface area contributed by atoms with Gasteiger partial charge in [-0.1, -0.05) is 30.4 Å². The number of para-hydroxylation sites is 1. The molecule has 1 aromatic rings. The Morgan fingerprint density at radius 1 is 1.43 bits per heavy atom. The summed E-state index contributed by atoms with van der Waals surface area (Å²) in [6.07, 6.45) is 2.85. The average Bonchev–Trinajstić information content (AvgIpc) is 2.18. The fourth-order valence-corrected chi connectivity index (χ4v) is 1.48. The molecule has 1 aromatic carbocycles. The molecule has 1 heterocycles. The second-order valence-corrected chi connectivity index (χ2v) is 2.99. The van der Waals surface area contributed by atoms with Crippen LogP contribution < -0.4 is 10.4 Å². The van der Waals surface area contributed by atoms with Crippen LogP contribution in [-0.2, 0) is 0 Å². The monoisotopic (exact) mass is 190 g/mol.